The first-order chi connectivity index (χ1) is 9.23. The molecule has 0 aliphatic carbocycles. The van der Waals surface area contributed by atoms with Gasteiger partial charge in [0.2, 0.25) is 11.9 Å². The Kier molecular flexibility index (Phi) is 6.88. The van der Waals surface area contributed by atoms with Crippen LogP contribution < -0.4 is 15.4 Å². The normalized spacial score (nSPS) is 12.0. The second-order valence-electron chi connectivity index (χ2n) is 4.07. The lowest BCUT2D eigenvalue weighted by molar-refractivity contribution is 0.184. The van der Waals surface area contributed by atoms with E-state index in [2.05, 4.69) is 32.5 Å². The Bertz CT molecular complexity index is 375. The molecule has 0 saturated carbocycles. The van der Waals surface area contributed by atoms with Gasteiger partial charge in [-0.05, 0) is 12.8 Å². The van der Waals surface area contributed by atoms with Crippen LogP contribution in [0.25, 0.3) is 0 Å². The van der Waals surface area contributed by atoms with Crippen molar-refractivity contribution in [2.45, 2.75) is 32.7 Å². The van der Waals surface area contributed by atoms with Gasteiger partial charge in [-0.2, -0.15) is 15.0 Å². The molecule has 1 unspecified atom stereocenters. The van der Waals surface area contributed by atoms with Crippen molar-refractivity contribution in [3.05, 3.63) is 0 Å². The van der Waals surface area contributed by atoms with Gasteiger partial charge in [-0.15, -0.1) is 0 Å². The molecule has 0 aliphatic heterocycles. The van der Waals surface area contributed by atoms with E-state index in [1.165, 1.54) is 0 Å². The molecule has 0 spiro atoms. The summed E-state index contributed by atoms with van der Waals surface area (Å²) in [7, 11) is 3.43. The number of hydrogen-bond donors (Lipinski definition) is 2. The zero-order valence-corrected chi connectivity index (χ0v) is 12.1. The number of ether oxygens (including phenoxy) is 2. The van der Waals surface area contributed by atoms with E-state index in [9.17, 15) is 0 Å². The number of aromatic nitrogens is 3. The van der Waals surface area contributed by atoms with Gasteiger partial charge in [0.1, 0.15) is 0 Å². The number of methoxy groups -OCH3 is 1. The zero-order chi connectivity index (χ0) is 14.1. The van der Waals surface area contributed by atoms with E-state index >= 15 is 0 Å². The van der Waals surface area contributed by atoms with E-state index in [0.717, 1.165) is 12.8 Å². The maximum Gasteiger partial charge on any atom is 0.323 e. The molecule has 0 radical (unpaired) electrons. The molecule has 1 aromatic rings. The number of anilines is 2. The van der Waals surface area contributed by atoms with Crippen LogP contribution in [0.2, 0.25) is 0 Å². The first-order valence-electron chi connectivity index (χ1n) is 6.55. The van der Waals surface area contributed by atoms with E-state index in [1.54, 1.807) is 14.2 Å². The van der Waals surface area contributed by atoms with Crippen LogP contribution in [0.3, 0.4) is 0 Å². The number of nitrogens with zero attached hydrogens (tertiary/aromatic N) is 3. The third-order valence-corrected chi connectivity index (χ3v) is 2.47. The van der Waals surface area contributed by atoms with Crippen LogP contribution in [0.1, 0.15) is 26.7 Å². The van der Waals surface area contributed by atoms with Gasteiger partial charge in [-0.1, -0.05) is 13.8 Å². The predicted molar refractivity (Wildman–Crippen MR) is 74.7 cm³/mol. The van der Waals surface area contributed by atoms with Gasteiger partial charge in [0.05, 0.1) is 19.3 Å². The monoisotopic (exact) mass is 269 g/mol. The molecule has 2 N–H and O–H groups in total. The van der Waals surface area contributed by atoms with Crippen LogP contribution in [0.4, 0.5) is 11.9 Å². The van der Waals surface area contributed by atoms with Crippen molar-refractivity contribution in [1.29, 1.82) is 0 Å². The molecule has 7 nitrogen and oxygen atoms in total. The Morgan fingerprint density at radius 3 is 2.47 bits per heavy atom. The molecule has 1 heterocycles. The van der Waals surface area contributed by atoms with Crippen LogP contribution in [-0.2, 0) is 4.74 Å². The summed E-state index contributed by atoms with van der Waals surface area (Å²) in [6.07, 6.45) is 1.82. The molecule has 19 heavy (non-hydrogen) atoms. The fourth-order valence-electron chi connectivity index (χ4n) is 1.44. The van der Waals surface area contributed by atoms with Gasteiger partial charge in [0.15, 0.2) is 0 Å². The van der Waals surface area contributed by atoms with E-state index in [-0.39, 0.29) is 6.04 Å². The lowest BCUT2D eigenvalue weighted by Crippen LogP contribution is -2.25. The average molecular weight is 269 g/mol. The molecule has 0 amide bonds. The molecule has 0 saturated heterocycles. The first-order valence-corrected chi connectivity index (χ1v) is 6.55. The van der Waals surface area contributed by atoms with Crippen molar-refractivity contribution in [2.24, 2.45) is 0 Å². The quantitative estimate of drug-likeness (QED) is 0.703. The van der Waals surface area contributed by atoms with Gasteiger partial charge in [0.25, 0.3) is 0 Å². The van der Waals surface area contributed by atoms with Crippen molar-refractivity contribution < 1.29 is 9.47 Å². The molecule has 1 atom stereocenters. The fraction of sp³-hybridized carbons (Fsp3) is 0.750. The lowest BCUT2D eigenvalue weighted by Gasteiger charge is -2.16. The summed E-state index contributed by atoms with van der Waals surface area (Å²) in [6.45, 7) is 5.29. The SMILES string of the molecule is CCCOc1nc(NC)nc(NC(CC)COC)n1. The summed E-state index contributed by atoms with van der Waals surface area (Å²) in [5, 5.41) is 6.11. The molecule has 108 valence electrons. The topological polar surface area (TPSA) is 81.2 Å². The van der Waals surface area contributed by atoms with E-state index in [0.29, 0.717) is 31.1 Å². The lowest BCUT2D eigenvalue weighted by atomic mass is 10.2. The van der Waals surface area contributed by atoms with Crippen LogP contribution in [0, 0.1) is 0 Å². The maximum absolute atomic E-state index is 5.44. The molecule has 0 fully saturated rings. The minimum Gasteiger partial charge on any atom is -0.463 e. The van der Waals surface area contributed by atoms with Gasteiger partial charge < -0.3 is 20.1 Å². The third-order valence-electron chi connectivity index (χ3n) is 2.47. The Labute approximate surface area is 114 Å². The standard InChI is InChI=1S/C12H23N5O2/c1-5-7-19-12-16-10(13-3)15-11(17-12)14-9(6-2)8-18-4/h9H,5-8H2,1-4H3,(H2,13,14,15,16,17). The Balaban J connectivity index is 2.80. The highest BCUT2D eigenvalue weighted by Crippen LogP contribution is 2.12. The second-order valence-corrected chi connectivity index (χ2v) is 4.07. The highest BCUT2D eigenvalue weighted by atomic mass is 16.5. The van der Waals surface area contributed by atoms with Crippen LogP contribution in [-0.4, -0.2) is 48.4 Å². The van der Waals surface area contributed by atoms with Crippen molar-refractivity contribution in [1.82, 2.24) is 15.0 Å². The maximum atomic E-state index is 5.44. The second kappa shape index (κ2) is 8.47. The smallest absolute Gasteiger partial charge is 0.323 e. The van der Waals surface area contributed by atoms with Crippen LogP contribution in [0.15, 0.2) is 0 Å². The summed E-state index contributed by atoms with van der Waals surface area (Å²) in [5.41, 5.74) is 0. The number of hydrogen-bond acceptors (Lipinski definition) is 7. The molecule has 0 aromatic carbocycles. The van der Waals surface area contributed by atoms with Crippen molar-refractivity contribution in [3.63, 3.8) is 0 Å². The molecule has 7 heteroatoms. The fourth-order valence-corrected chi connectivity index (χ4v) is 1.44. The Morgan fingerprint density at radius 2 is 1.89 bits per heavy atom. The molecule has 0 bridgehead atoms. The van der Waals surface area contributed by atoms with Crippen molar-refractivity contribution in [3.8, 4) is 6.01 Å². The molecular formula is C12H23N5O2. The highest BCUT2D eigenvalue weighted by Gasteiger charge is 2.11. The van der Waals surface area contributed by atoms with Crippen LogP contribution >= 0.6 is 0 Å². The molecular weight excluding hydrogens is 246 g/mol. The van der Waals surface area contributed by atoms with Crippen molar-refractivity contribution >= 4 is 11.9 Å². The molecule has 1 rings (SSSR count). The summed E-state index contributed by atoms with van der Waals surface area (Å²) in [5.74, 6) is 0.977. The number of rotatable bonds is 9. The minimum absolute atomic E-state index is 0.163. The zero-order valence-electron chi connectivity index (χ0n) is 12.1. The first kappa shape index (κ1) is 15.4. The Morgan fingerprint density at radius 1 is 1.16 bits per heavy atom. The van der Waals surface area contributed by atoms with E-state index < -0.39 is 0 Å². The van der Waals surface area contributed by atoms with Crippen LogP contribution in [0.5, 0.6) is 6.01 Å². The Hall–Kier alpha value is -1.63. The molecule has 0 aliphatic rings. The van der Waals surface area contributed by atoms with Gasteiger partial charge in [0, 0.05) is 14.2 Å². The molecule has 1 aromatic heterocycles. The van der Waals surface area contributed by atoms with E-state index in [4.69, 9.17) is 9.47 Å². The van der Waals surface area contributed by atoms with Gasteiger partial charge >= 0.3 is 6.01 Å². The summed E-state index contributed by atoms with van der Waals surface area (Å²) < 4.78 is 10.6. The average Bonchev–Trinajstić information content (AvgIpc) is 2.44. The van der Waals surface area contributed by atoms with E-state index in [1.807, 2.05) is 6.92 Å². The largest absolute Gasteiger partial charge is 0.463 e. The van der Waals surface area contributed by atoms with Gasteiger partial charge in [-0.25, -0.2) is 0 Å². The summed E-state index contributed by atoms with van der Waals surface area (Å²) >= 11 is 0. The number of nitrogens with one attached hydrogen (secondary N) is 2. The summed E-state index contributed by atoms with van der Waals surface area (Å²) in [6, 6.07) is 0.493. The third kappa shape index (κ3) is 5.25. The van der Waals surface area contributed by atoms with Crippen molar-refractivity contribution in [2.75, 3.05) is 38.0 Å². The predicted octanol–water partition coefficient (Wildman–Crippen LogP) is 1.54. The minimum atomic E-state index is 0.163. The summed E-state index contributed by atoms with van der Waals surface area (Å²) in [4.78, 5) is 12.6. The highest BCUT2D eigenvalue weighted by molar-refractivity contribution is 5.36. The van der Waals surface area contributed by atoms with Gasteiger partial charge in [-0.3, -0.25) is 0 Å².